The van der Waals surface area contributed by atoms with Gasteiger partial charge in [0, 0.05) is 5.56 Å². The summed E-state index contributed by atoms with van der Waals surface area (Å²) in [5, 5.41) is 52.5. The molecular formula is C26H34O12. The molecule has 13 atom stereocenters. The molecule has 0 bridgehead atoms. The minimum atomic E-state index is -2.14. The second-order valence-corrected chi connectivity index (χ2v) is 11.9. The number of esters is 2. The average molecular weight is 539 g/mol. The number of cyclic esters (lactones) is 1. The molecule has 5 N–H and O–H groups in total. The van der Waals surface area contributed by atoms with Crippen LogP contribution < -0.4 is 0 Å². The molecule has 0 unspecified atom stereocenters. The first-order valence-corrected chi connectivity index (χ1v) is 13.1. The fourth-order valence-electron chi connectivity index (χ4n) is 8.10. The highest BCUT2D eigenvalue weighted by molar-refractivity contribution is 5.85. The maximum atomic E-state index is 13.4. The Morgan fingerprint density at radius 1 is 1.08 bits per heavy atom. The third-order valence-electron chi connectivity index (χ3n) is 10.2. The summed E-state index contributed by atoms with van der Waals surface area (Å²) in [5.41, 5.74) is -3.19. The number of aliphatic hydroxyl groups excluding tert-OH is 4. The van der Waals surface area contributed by atoms with Gasteiger partial charge in [0.15, 0.2) is 11.9 Å². The highest BCUT2D eigenvalue weighted by Crippen LogP contribution is 2.69. The molecule has 12 nitrogen and oxygen atoms in total. The monoisotopic (exact) mass is 538 g/mol. The Kier molecular flexibility index (Phi) is 6.01. The van der Waals surface area contributed by atoms with Crippen molar-refractivity contribution in [2.24, 2.45) is 22.7 Å². The summed E-state index contributed by atoms with van der Waals surface area (Å²) in [4.78, 5) is 26.6. The molecule has 0 amide bonds. The third-order valence-corrected chi connectivity index (χ3v) is 10.2. The van der Waals surface area contributed by atoms with Crippen molar-refractivity contribution in [1.82, 2.24) is 0 Å². The largest absolute Gasteiger partial charge is 0.472 e. The second kappa shape index (κ2) is 8.72. The fraction of sp³-hybridized carbons (Fsp3) is 0.769. The fourth-order valence-corrected chi connectivity index (χ4v) is 8.10. The number of carbonyl (C=O) groups is 2. The van der Waals surface area contributed by atoms with Crippen LogP contribution in [0.4, 0.5) is 0 Å². The molecule has 6 rings (SSSR count). The quantitative estimate of drug-likeness (QED) is 0.246. The second-order valence-electron chi connectivity index (χ2n) is 11.9. The van der Waals surface area contributed by atoms with Crippen molar-refractivity contribution < 1.29 is 58.5 Å². The molecule has 210 valence electrons. The summed E-state index contributed by atoms with van der Waals surface area (Å²) in [5.74, 6) is -2.12. The van der Waals surface area contributed by atoms with Crippen LogP contribution in [-0.2, 0) is 28.5 Å². The van der Waals surface area contributed by atoms with Crippen LogP contribution in [0.1, 0.15) is 51.2 Å². The van der Waals surface area contributed by atoms with Crippen LogP contribution in [0.3, 0.4) is 0 Å². The van der Waals surface area contributed by atoms with Crippen molar-refractivity contribution in [1.29, 1.82) is 0 Å². The summed E-state index contributed by atoms with van der Waals surface area (Å²) in [6.07, 6.45) is -5.80. The topological polar surface area (TPSA) is 185 Å². The number of furan rings is 1. The number of hydrogen-bond donors (Lipinski definition) is 5. The van der Waals surface area contributed by atoms with Gasteiger partial charge in [0.1, 0.15) is 42.7 Å². The minimum absolute atomic E-state index is 0.168. The first kappa shape index (κ1) is 26.2. The molecule has 12 heteroatoms. The Morgan fingerprint density at radius 2 is 1.84 bits per heavy atom. The molecule has 1 aromatic heterocycles. The predicted molar refractivity (Wildman–Crippen MR) is 123 cm³/mol. The molecule has 4 heterocycles. The minimum Gasteiger partial charge on any atom is -0.472 e. The van der Waals surface area contributed by atoms with Crippen LogP contribution in [0.25, 0.3) is 0 Å². The van der Waals surface area contributed by atoms with E-state index in [0.717, 1.165) is 5.56 Å². The van der Waals surface area contributed by atoms with Crippen molar-refractivity contribution in [3.8, 4) is 0 Å². The molecule has 2 aliphatic carbocycles. The number of aliphatic hydroxyl groups is 5. The van der Waals surface area contributed by atoms with E-state index >= 15 is 0 Å². The third kappa shape index (κ3) is 3.28. The lowest BCUT2D eigenvalue weighted by molar-refractivity contribution is -0.336. The van der Waals surface area contributed by atoms with Crippen LogP contribution in [0, 0.1) is 22.7 Å². The number of hydrogen-bond acceptors (Lipinski definition) is 12. The Bertz CT molecular complexity index is 1090. The Hall–Kier alpha value is -2.06. The molecule has 5 fully saturated rings. The van der Waals surface area contributed by atoms with E-state index in [1.54, 1.807) is 19.3 Å². The zero-order valence-corrected chi connectivity index (χ0v) is 21.1. The van der Waals surface area contributed by atoms with Crippen molar-refractivity contribution in [2.75, 3.05) is 6.61 Å². The molecule has 5 aliphatic rings. The van der Waals surface area contributed by atoms with E-state index < -0.39 is 83.9 Å². The van der Waals surface area contributed by atoms with Gasteiger partial charge in [-0.25, -0.2) is 4.79 Å². The van der Waals surface area contributed by atoms with Crippen molar-refractivity contribution in [3.05, 3.63) is 24.2 Å². The Balaban J connectivity index is 1.33. The van der Waals surface area contributed by atoms with Gasteiger partial charge in [0.25, 0.3) is 0 Å². The van der Waals surface area contributed by atoms with Gasteiger partial charge >= 0.3 is 11.9 Å². The SMILES string of the molecule is C[C@@]12C[C@@H](c3ccoc3)OC(=O)[C@H]1C[C@@H]1OC(=O)[C@@]3(O)[C@@H](O[C@@H]4O[C@H](CO)[C@@H](O)[C@H](O)[C@H]4O)CC[C@@H]2[C@@]13C. The van der Waals surface area contributed by atoms with Gasteiger partial charge in [0.2, 0.25) is 0 Å². The van der Waals surface area contributed by atoms with Gasteiger partial charge in [0.05, 0.1) is 30.5 Å². The zero-order valence-electron chi connectivity index (χ0n) is 21.1. The summed E-state index contributed by atoms with van der Waals surface area (Å²) in [6.45, 7) is 3.14. The standard InChI is InChI=1S/C26H34O12/c1-24-8-13(11-5-6-34-10-11)35-21(31)12(24)7-17-25(2)15(24)3-4-16(26(25,33)23(32)38-17)37-22-20(30)19(29)18(28)14(9-27)36-22/h5-6,10,12-20,22,27-30,33H,3-4,7-9H2,1-2H3/t12-,13+,14-,15+,16+,17+,18-,19+,20-,22+,24-,25+,26+/m1/s1. The molecule has 38 heavy (non-hydrogen) atoms. The Morgan fingerprint density at radius 3 is 2.53 bits per heavy atom. The summed E-state index contributed by atoms with van der Waals surface area (Å²) >= 11 is 0. The van der Waals surface area contributed by atoms with Gasteiger partial charge in [-0.15, -0.1) is 0 Å². The van der Waals surface area contributed by atoms with E-state index in [2.05, 4.69) is 0 Å². The van der Waals surface area contributed by atoms with Crippen molar-refractivity contribution in [2.45, 2.75) is 94.1 Å². The highest BCUT2D eigenvalue weighted by Gasteiger charge is 2.79. The van der Waals surface area contributed by atoms with Crippen molar-refractivity contribution in [3.63, 3.8) is 0 Å². The number of rotatable bonds is 4. The molecule has 2 saturated carbocycles. The molecule has 0 aromatic carbocycles. The normalized spacial score (nSPS) is 52.1. The van der Waals surface area contributed by atoms with Gasteiger partial charge in [-0.1, -0.05) is 13.8 Å². The smallest absolute Gasteiger partial charge is 0.341 e. The van der Waals surface area contributed by atoms with Crippen molar-refractivity contribution >= 4 is 11.9 Å². The maximum Gasteiger partial charge on any atom is 0.341 e. The van der Waals surface area contributed by atoms with Gasteiger partial charge in [-0.05, 0) is 43.1 Å². The first-order chi connectivity index (χ1) is 18.0. The lowest BCUT2D eigenvalue weighted by Gasteiger charge is -2.63. The number of carbonyl (C=O) groups excluding carboxylic acids is 2. The van der Waals surface area contributed by atoms with Crippen LogP contribution >= 0.6 is 0 Å². The van der Waals surface area contributed by atoms with Crippen LogP contribution in [0.15, 0.2) is 23.0 Å². The molecule has 0 radical (unpaired) electrons. The van der Waals surface area contributed by atoms with Crippen LogP contribution in [0.5, 0.6) is 0 Å². The lowest BCUT2D eigenvalue weighted by atomic mass is 9.42. The maximum absolute atomic E-state index is 13.4. The molecule has 0 spiro atoms. The molecule has 3 aliphatic heterocycles. The zero-order chi connectivity index (χ0) is 27.2. The van der Waals surface area contributed by atoms with E-state index in [-0.39, 0.29) is 24.7 Å². The molecular weight excluding hydrogens is 504 g/mol. The van der Waals surface area contributed by atoms with Crippen LogP contribution in [0.2, 0.25) is 0 Å². The average Bonchev–Trinajstić information content (AvgIpc) is 3.48. The van der Waals surface area contributed by atoms with E-state index in [0.29, 0.717) is 12.8 Å². The highest BCUT2D eigenvalue weighted by atomic mass is 16.7. The summed E-state index contributed by atoms with van der Waals surface area (Å²) in [6, 6.07) is 1.75. The predicted octanol–water partition coefficient (Wildman–Crippen LogP) is -0.448. The van der Waals surface area contributed by atoms with Gasteiger partial charge in [-0.2, -0.15) is 0 Å². The number of fused-ring (bicyclic) bond motifs is 2. The van der Waals surface area contributed by atoms with Gasteiger partial charge in [-0.3, -0.25) is 4.79 Å². The first-order valence-electron chi connectivity index (χ1n) is 13.1. The van der Waals surface area contributed by atoms with E-state index in [1.165, 1.54) is 6.26 Å². The summed E-state index contributed by atoms with van der Waals surface area (Å²) in [7, 11) is 0. The molecule has 3 saturated heterocycles. The van der Waals surface area contributed by atoms with E-state index in [4.69, 9.17) is 23.4 Å². The van der Waals surface area contributed by atoms with E-state index in [9.17, 15) is 35.1 Å². The van der Waals surface area contributed by atoms with Gasteiger partial charge < -0.3 is 48.9 Å². The Labute approximate surface area is 218 Å². The lowest BCUT2D eigenvalue weighted by Crippen LogP contribution is -2.71. The summed E-state index contributed by atoms with van der Waals surface area (Å²) < 4.78 is 28.2. The van der Waals surface area contributed by atoms with Crippen LogP contribution in [-0.4, -0.2) is 92.6 Å². The van der Waals surface area contributed by atoms with E-state index in [1.807, 2.05) is 6.92 Å². The number of ether oxygens (including phenoxy) is 4. The molecule has 1 aromatic rings.